The third-order valence-corrected chi connectivity index (χ3v) is 2.14. The summed E-state index contributed by atoms with van der Waals surface area (Å²) in [5, 5.41) is 0. The molecule has 0 saturated carbocycles. The van der Waals surface area contributed by atoms with Gasteiger partial charge in [0.05, 0.1) is 7.11 Å². The summed E-state index contributed by atoms with van der Waals surface area (Å²) in [6, 6.07) is 0. The fourth-order valence-corrected chi connectivity index (χ4v) is 1.37. The first-order valence-corrected chi connectivity index (χ1v) is 5.11. The first-order valence-electron chi connectivity index (χ1n) is 5.11. The molecular weight excluding hydrogens is 208 g/mol. The van der Waals surface area contributed by atoms with Gasteiger partial charge in [-0.3, -0.25) is 14.5 Å². The Bertz CT molecular complexity index is 369. The molecule has 1 rings (SSSR count). The molecule has 0 aliphatic carbocycles. The van der Waals surface area contributed by atoms with Crippen molar-refractivity contribution in [2.45, 2.75) is 20.8 Å². The molecule has 5 nitrogen and oxygen atoms in total. The topological polar surface area (TPSA) is 59.0 Å². The smallest absolute Gasteiger partial charge is 0.325 e. The number of esters is 1. The van der Waals surface area contributed by atoms with Crippen molar-refractivity contribution in [3.8, 4) is 0 Å². The molecule has 0 saturated heterocycles. The van der Waals surface area contributed by atoms with Gasteiger partial charge in [-0.1, -0.05) is 19.9 Å². The Morgan fingerprint density at radius 3 is 2.69 bits per heavy atom. The number of allylic oxidation sites excluding steroid dienone is 1. The van der Waals surface area contributed by atoms with Crippen LogP contribution in [0.25, 0.3) is 0 Å². The number of carbonyl (C=O) groups excluding carboxylic acids is 2. The Balaban J connectivity index is 2.82. The quantitative estimate of drug-likeness (QED) is 0.530. The van der Waals surface area contributed by atoms with E-state index in [0.717, 1.165) is 0 Å². The van der Waals surface area contributed by atoms with E-state index < -0.39 is 5.97 Å². The van der Waals surface area contributed by atoms with E-state index in [0.29, 0.717) is 11.5 Å². The van der Waals surface area contributed by atoms with Gasteiger partial charge in [-0.2, -0.15) is 0 Å². The number of aliphatic imine (C=N–C) groups is 1. The fourth-order valence-electron chi connectivity index (χ4n) is 1.37. The molecule has 0 unspecified atom stereocenters. The molecule has 0 radical (unpaired) electrons. The van der Waals surface area contributed by atoms with Gasteiger partial charge in [-0.05, 0) is 12.8 Å². The number of amides is 1. The van der Waals surface area contributed by atoms with Gasteiger partial charge >= 0.3 is 5.97 Å². The maximum absolute atomic E-state index is 11.8. The number of hydrogen-bond acceptors (Lipinski definition) is 4. The summed E-state index contributed by atoms with van der Waals surface area (Å²) >= 11 is 0. The fraction of sp³-hybridized carbons (Fsp3) is 0.545. The van der Waals surface area contributed by atoms with Crippen molar-refractivity contribution in [1.29, 1.82) is 0 Å². The van der Waals surface area contributed by atoms with E-state index in [1.807, 2.05) is 13.8 Å². The van der Waals surface area contributed by atoms with Gasteiger partial charge in [0.25, 0.3) is 5.91 Å². The van der Waals surface area contributed by atoms with Crippen molar-refractivity contribution < 1.29 is 14.3 Å². The summed E-state index contributed by atoms with van der Waals surface area (Å²) in [6.07, 6.45) is 1.78. The van der Waals surface area contributed by atoms with Crippen LogP contribution in [0.2, 0.25) is 0 Å². The van der Waals surface area contributed by atoms with E-state index >= 15 is 0 Å². The minimum atomic E-state index is -0.450. The molecule has 0 fully saturated rings. The normalized spacial score (nSPS) is 18.3. The van der Waals surface area contributed by atoms with Crippen LogP contribution in [-0.4, -0.2) is 36.3 Å². The number of carbonyl (C=O) groups is 2. The van der Waals surface area contributed by atoms with Crippen LogP contribution in [-0.2, 0) is 14.3 Å². The highest BCUT2D eigenvalue weighted by Gasteiger charge is 2.29. The molecule has 1 aliphatic rings. The Morgan fingerprint density at radius 1 is 1.56 bits per heavy atom. The van der Waals surface area contributed by atoms with E-state index in [-0.39, 0.29) is 18.4 Å². The standard InChI is InChI=1S/C11H16N2O3/c1-7(2)5-9-11(15)13(8(3)12-9)6-10(14)16-4/h5,7H,6H2,1-4H3/b9-5+. The summed E-state index contributed by atoms with van der Waals surface area (Å²) < 4.78 is 4.52. The van der Waals surface area contributed by atoms with Gasteiger partial charge in [-0.25, -0.2) is 4.99 Å². The summed E-state index contributed by atoms with van der Waals surface area (Å²) in [5.41, 5.74) is 0.399. The third-order valence-electron chi connectivity index (χ3n) is 2.14. The van der Waals surface area contributed by atoms with E-state index in [9.17, 15) is 9.59 Å². The maximum atomic E-state index is 11.8. The van der Waals surface area contributed by atoms with Gasteiger partial charge in [0.2, 0.25) is 0 Å². The molecule has 5 heteroatoms. The highest BCUT2D eigenvalue weighted by Crippen LogP contribution is 2.16. The van der Waals surface area contributed by atoms with E-state index in [1.54, 1.807) is 13.0 Å². The number of amidine groups is 1. The third kappa shape index (κ3) is 2.68. The van der Waals surface area contributed by atoms with Gasteiger partial charge in [0, 0.05) is 0 Å². The lowest BCUT2D eigenvalue weighted by molar-refractivity contribution is -0.143. The molecule has 1 heterocycles. The monoisotopic (exact) mass is 224 g/mol. The molecule has 0 atom stereocenters. The van der Waals surface area contributed by atoms with Crippen molar-refractivity contribution >= 4 is 17.7 Å². The van der Waals surface area contributed by atoms with Gasteiger partial charge in [0.15, 0.2) is 0 Å². The molecule has 0 aromatic rings. The zero-order valence-corrected chi connectivity index (χ0v) is 9.98. The number of rotatable bonds is 3. The van der Waals surface area contributed by atoms with Crippen LogP contribution in [0.5, 0.6) is 0 Å². The lowest BCUT2D eigenvalue weighted by Crippen LogP contribution is -2.35. The summed E-state index contributed by atoms with van der Waals surface area (Å²) in [6.45, 7) is 5.55. The number of hydrogen-bond donors (Lipinski definition) is 0. The highest BCUT2D eigenvalue weighted by atomic mass is 16.5. The number of nitrogens with zero attached hydrogens (tertiary/aromatic N) is 2. The Morgan fingerprint density at radius 2 is 2.19 bits per heavy atom. The second-order valence-corrected chi connectivity index (χ2v) is 3.92. The van der Waals surface area contributed by atoms with Crippen LogP contribution in [0.3, 0.4) is 0 Å². The molecule has 0 N–H and O–H groups in total. The largest absolute Gasteiger partial charge is 0.468 e. The second kappa shape index (κ2) is 4.92. The Labute approximate surface area is 94.8 Å². The highest BCUT2D eigenvalue weighted by molar-refractivity contribution is 6.12. The van der Waals surface area contributed by atoms with Crippen LogP contribution in [0.4, 0.5) is 0 Å². The summed E-state index contributed by atoms with van der Waals surface area (Å²) in [7, 11) is 1.29. The molecular formula is C11H16N2O3. The van der Waals surface area contributed by atoms with Gasteiger partial charge in [0.1, 0.15) is 18.1 Å². The Kier molecular flexibility index (Phi) is 3.82. The molecule has 88 valence electrons. The van der Waals surface area contributed by atoms with Crippen molar-refractivity contribution in [1.82, 2.24) is 4.90 Å². The zero-order chi connectivity index (χ0) is 12.3. The lowest BCUT2D eigenvalue weighted by Gasteiger charge is -2.13. The van der Waals surface area contributed by atoms with E-state index in [2.05, 4.69) is 9.73 Å². The predicted molar refractivity (Wildman–Crippen MR) is 59.8 cm³/mol. The minimum Gasteiger partial charge on any atom is -0.468 e. The molecule has 1 aliphatic heterocycles. The molecule has 16 heavy (non-hydrogen) atoms. The maximum Gasteiger partial charge on any atom is 0.325 e. The zero-order valence-electron chi connectivity index (χ0n) is 9.98. The SMILES string of the molecule is COC(=O)CN1C(=O)/C(=C\C(C)C)N=C1C. The van der Waals surface area contributed by atoms with Crippen molar-refractivity contribution in [2.75, 3.05) is 13.7 Å². The van der Waals surface area contributed by atoms with Crippen LogP contribution in [0, 0.1) is 5.92 Å². The number of ether oxygens (including phenoxy) is 1. The van der Waals surface area contributed by atoms with Crippen molar-refractivity contribution in [3.05, 3.63) is 11.8 Å². The summed E-state index contributed by atoms with van der Waals surface area (Å²) in [5.74, 6) is 0.0844. The molecule has 0 aromatic carbocycles. The number of methoxy groups -OCH3 is 1. The van der Waals surface area contributed by atoms with E-state index in [4.69, 9.17) is 0 Å². The molecule has 0 aromatic heterocycles. The first-order chi connectivity index (χ1) is 7.45. The van der Waals surface area contributed by atoms with E-state index in [1.165, 1.54) is 12.0 Å². The average Bonchev–Trinajstić information content (AvgIpc) is 2.45. The first kappa shape index (κ1) is 12.4. The van der Waals surface area contributed by atoms with Gasteiger partial charge < -0.3 is 4.74 Å². The van der Waals surface area contributed by atoms with Crippen molar-refractivity contribution in [2.24, 2.45) is 10.9 Å². The minimum absolute atomic E-state index is 0.0832. The van der Waals surface area contributed by atoms with Crippen LogP contribution in [0.15, 0.2) is 16.8 Å². The van der Waals surface area contributed by atoms with Gasteiger partial charge in [-0.15, -0.1) is 0 Å². The summed E-state index contributed by atoms with van der Waals surface area (Å²) in [4.78, 5) is 28.4. The predicted octanol–water partition coefficient (Wildman–Crippen LogP) is 0.960. The van der Waals surface area contributed by atoms with Crippen LogP contribution in [0.1, 0.15) is 20.8 Å². The van der Waals surface area contributed by atoms with Crippen LogP contribution >= 0.6 is 0 Å². The second-order valence-electron chi connectivity index (χ2n) is 3.92. The lowest BCUT2D eigenvalue weighted by atomic mass is 10.2. The molecule has 1 amide bonds. The Hall–Kier alpha value is -1.65. The van der Waals surface area contributed by atoms with Crippen LogP contribution < -0.4 is 0 Å². The molecule has 0 spiro atoms. The average molecular weight is 224 g/mol. The van der Waals surface area contributed by atoms with Crippen molar-refractivity contribution in [3.63, 3.8) is 0 Å². The molecule has 0 bridgehead atoms.